The van der Waals surface area contributed by atoms with Gasteiger partial charge in [0.1, 0.15) is 0 Å². The molecule has 0 unspecified atom stereocenters. The van der Waals surface area contributed by atoms with E-state index in [0.29, 0.717) is 39.2 Å². The van der Waals surface area contributed by atoms with E-state index in [1.807, 2.05) is 25.1 Å². The number of hydrogen-bond donors (Lipinski definition) is 2. The zero-order valence-corrected chi connectivity index (χ0v) is 29.4. The number of alkyl halides is 6. The number of aryl methyl sites for hydroxylation is 1. The third kappa shape index (κ3) is 12.3. The SMILES string of the molecule is C.Cc1cccc(NC(=O)c2ccccc2-c2ccc(C(F)(F)F)cc2)c1.Nc1cccc([N+](=O)[O-])c1.O=C(Cl)c1ccccc1-c1ccc(C(F)(F)F)cc1. The highest BCUT2D eigenvalue weighted by Gasteiger charge is 2.31. The Balaban J connectivity index is 0.000000245. The first kappa shape index (κ1) is 43.9. The minimum absolute atomic E-state index is 0. The number of non-ortho nitro benzene ring substituents is 1. The number of carbonyl (C=O) groups excluding carboxylic acids is 2. The third-order valence-corrected chi connectivity index (χ3v) is 7.92. The zero-order valence-electron chi connectivity index (χ0n) is 28.7. The Labute approximate surface area is 323 Å². The summed E-state index contributed by atoms with van der Waals surface area (Å²) < 4.78 is 75.6. The van der Waals surface area contributed by atoms with Gasteiger partial charge in [0, 0.05) is 34.6 Å². The number of halogens is 7. The molecule has 0 aliphatic carbocycles. The molecule has 56 heavy (non-hydrogen) atoms. The van der Waals surface area contributed by atoms with Crippen LogP contribution < -0.4 is 11.1 Å². The van der Waals surface area contributed by atoms with Crippen molar-refractivity contribution in [3.8, 4) is 22.3 Å². The van der Waals surface area contributed by atoms with Gasteiger partial charge >= 0.3 is 12.4 Å². The van der Waals surface area contributed by atoms with E-state index in [4.69, 9.17) is 17.3 Å². The van der Waals surface area contributed by atoms with Crippen molar-refractivity contribution in [3.05, 3.63) is 184 Å². The maximum absolute atomic E-state index is 12.7. The average molecular weight is 794 g/mol. The van der Waals surface area contributed by atoms with Crippen molar-refractivity contribution in [1.82, 2.24) is 0 Å². The van der Waals surface area contributed by atoms with Crippen LogP contribution in [0.3, 0.4) is 0 Å². The summed E-state index contributed by atoms with van der Waals surface area (Å²) in [5.41, 5.74) is 8.77. The van der Waals surface area contributed by atoms with Crippen LogP contribution in [0.4, 0.5) is 43.4 Å². The molecule has 0 aliphatic rings. The number of benzene rings is 6. The van der Waals surface area contributed by atoms with Crippen molar-refractivity contribution >= 4 is 39.8 Å². The summed E-state index contributed by atoms with van der Waals surface area (Å²) in [7, 11) is 0. The Morgan fingerprint density at radius 2 is 1.11 bits per heavy atom. The fraction of sp³-hybridized carbons (Fsp3) is 0.0952. The van der Waals surface area contributed by atoms with Crippen LogP contribution in [0.1, 0.15) is 44.8 Å². The molecule has 0 heterocycles. The van der Waals surface area contributed by atoms with E-state index in [1.165, 1.54) is 42.5 Å². The number of nitro benzene ring substituents is 1. The Bertz CT molecular complexity index is 2280. The Morgan fingerprint density at radius 3 is 1.54 bits per heavy atom. The molecule has 7 nitrogen and oxygen atoms in total. The number of carbonyl (C=O) groups is 2. The Hall–Kier alpha value is -6.47. The van der Waals surface area contributed by atoms with Crippen LogP contribution in [0.15, 0.2) is 146 Å². The molecule has 290 valence electrons. The minimum atomic E-state index is -4.39. The van der Waals surface area contributed by atoms with E-state index < -0.39 is 33.6 Å². The van der Waals surface area contributed by atoms with Crippen molar-refractivity contribution in [3.63, 3.8) is 0 Å². The van der Waals surface area contributed by atoms with Gasteiger partial charge in [0.25, 0.3) is 16.8 Å². The van der Waals surface area contributed by atoms with Crippen molar-refractivity contribution in [2.75, 3.05) is 11.1 Å². The summed E-state index contributed by atoms with van der Waals surface area (Å²) in [5.74, 6) is -0.314. The Kier molecular flexibility index (Phi) is 15.1. The van der Waals surface area contributed by atoms with Crippen LogP contribution in [-0.2, 0) is 12.4 Å². The maximum Gasteiger partial charge on any atom is 0.416 e. The largest absolute Gasteiger partial charge is 0.416 e. The van der Waals surface area contributed by atoms with E-state index in [2.05, 4.69) is 5.32 Å². The van der Waals surface area contributed by atoms with Gasteiger partial charge in [-0.1, -0.05) is 86.3 Å². The second-order valence-electron chi connectivity index (χ2n) is 11.7. The zero-order chi connectivity index (χ0) is 40.3. The number of nitro groups is 1. The second-order valence-corrected chi connectivity index (χ2v) is 12.0. The molecule has 0 saturated heterocycles. The van der Waals surface area contributed by atoms with Gasteiger partial charge in [0.05, 0.1) is 16.1 Å². The third-order valence-electron chi connectivity index (χ3n) is 7.71. The molecule has 0 bridgehead atoms. The molecule has 6 rings (SSSR count). The van der Waals surface area contributed by atoms with Crippen LogP contribution in [0.25, 0.3) is 22.3 Å². The average Bonchev–Trinajstić information content (AvgIpc) is 3.15. The molecule has 0 spiro atoms. The maximum atomic E-state index is 12.7. The first-order valence-electron chi connectivity index (χ1n) is 16.0. The molecular weight excluding hydrogens is 760 g/mol. The molecular formula is C42H34ClF6N3O4. The molecule has 3 N–H and O–H groups in total. The summed E-state index contributed by atoms with van der Waals surface area (Å²) in [5, 5.41) is 12.3. The first-order chi connectivity index (χ1) is 25.9. The molecule has 6 aromatic carbocycles. The molecule has 0 fully saturated rings. The molecule has 0 aromatic heterocycles. The van der Waals surface area contributed by atoms with Crippen molar-refractivity contribution in [1.29, 1.82) is 0 Å². The highest BCUT2D eigenvalue weighted by molar-refractivity contribution is 6.68. The van der Waals surface area contributed by atoms with Gasteiger partial charge in [-0.25, -0.2) is 0 Å². The number of anilines is 2. The number of rotatable bonds is 6. The van der Waals surface area contributed by atoms with E-state index in [-0.39, 0.29) is 24.6 Å². The highest BCUT2D eigenvalue weighted by Crippen LogP contribution is 2.33. The van der Waals surface area contributed by atoms with Gasteiger partial charge < -0.3 is 11.1 Å². The van der Waals surface area contributed by atoms with Crippen molar-refractivity contribution in [2.24, 2.45) is 0 Å². The lowest BCUT2D eigenvalue weighted by Crippen LogP contribution is -2.13. The van der Waals surface area contributed by atoms with Gasteiger partial charge in [-0.3, -0.25) is 19.7 Å². The Morgan fingerprint density at radius 1 is 0.643 bits per heavy atom. The van der Waals surface area contributed by atoms with Gasteiger partial charge in [-0.2, -0.15) is 26.3 Å². The molecule has 0 atom stereocenters. The molecule has 0 radical (unpaired) electrons. The molecule has 0 saturated carbocycles. The smallest absolute Gasteiger partial charge is 0.399 e. The fourth-order valence-electron chi connectivity index (χ4n) is 5.08. The number of nitrogens with two attached hydrogens (primary N) is 1. The van der Waals surface area contributed by atoms with E-state index in [0.717, 1.165) is 29.8 Å². The fourth-order valence-corrected chi connectivity index (χ4v) is 5.24. The summed E-state index contributed by atoms with van der Waals surface area (Å²) >= 11 is 5.44. The first-order valence-corrected chi connectivity index (χ1v) is 16.4. The topological polar surface area (TPSA) is 115 Å². The highest BCUT2D eigenvalue weighted by atomic mass is 35.5. The van der Waals surface area contributed by atoms with E-state index in [9.17, 15) is 46.0 Å². The monoisotopic (exact) mass is 793 g/mol. The normalized spacial score (nSPS) is 10.7. The van der Waals surface area contributed by atoms with E-state index >= 15 is 0 Å². The number of nitrogens with zero attached hydrogens (tertiary/aromatic N) is 1. The summed E-state index contributed by atoms with van der Waals surface area (Å²) in [4.78, 5) is 33.5. The van der Waals surface area contributed by atoms with Crippen LogP contribution in [0.2, 0.25) is 0 Å². The minimum Gasteiger partial charge on any atom is -0.399 e. The lowest BCUT2D eigenvalue weighted by molar-refractivity contribution is -0.384. The lowest BCUT2D eigenvalue weighted by atomic mass is 9.98. The van der Waals surface area contributed by atoms with Crippen molar-refractivity contribution < 1.29 is 40.9 Å². The van der Waals surface area contributed by atoms with Crippen LogP contribution in [0, 0.1) is 17.0 Å². The summed E-state index contributed by atoms with van der Waals surface area (Å²) in [6, 6.07) is 36.0. The molecule has 6 aromatic rings. The van der Waals surface area contributed by atoms with Crippen molar-refractivity contribution in [2.45, 2.75) is 26.7 Å². The van der Waals surface area contributed by atoms with Gasteiger partial charge in [0.2, 0.25) is 0 Å². The van der Waals surface area contributed by atoms with Crippen LogP contribution >= 0.6 is 11.6 Å². The van der Waals surface area contributed by atoms with E-state index in [1.54, 1.807) is 60.7 Å². The predicted molar refractivity (Wildman–Crippen MR) is 207 cm³/mol. The number of amides is 1. The predicted octanol–water partition coefficient (Wildman–Crippen LogP) is 12.5. The summed E-state index contributed by atoms with van der Waals surface area (Å²) in [6.45, 7) is 1.92. The quantitative estimate of drug-likeness (QED) is 0.0573. The molecule has 14 heteroatoms. The number of nitrogens with one attached hydrogen (secondary N) is 1. The van der Waals surface area contributed by atoms with Gasteiger partial charge in [0.15, 0.2) is 0 Å². The van der Waals surface area contributed by atoms with Crippen LogP contribution in [-0.4, -0.2) is 16.1 Å². The second kappa shape index (κ2) is 19.2. The lowest BCUT2D eigenvalue weighted by Gasteiger charge is -2.12. The summed E-state index contributed by atoms with van der Waals surface area (Å²) in [6.07, 6.45) is -8.76. The van der Waals surface area contributed by atoms with Gasteiger partial charge in [-0.05, 0) is 101 Å². The molecule has 0 aliphatic heterocycles. The number of nitrogen functional groups attached to an aromatic ring is 1. The van der Waals surface area contributed by atoms with Gasteiger partial charge in [-0.15, -0.1) is 0 Å². The van der Waals surface area contributed by atoms with Crippen LogP contribution in [0.5, 0.6) is 0 Å². The standard InChI is InChI=1S/C21H16F3NO.C14H8ClF3O.C6H6N2O2.CH4/c1-14-5-4-6-17(13-14)25-20(26)19-8-3-2-7-18(19)15-9-11-16(12-10-15)21(22,23)24;15-13(19)12-4-2-1-3-11(12)9-5-7-10(8-6-9)14(16,17)18;7-5-2-1-3-6(4-5)8(9)10;/h2-13H,1H3,(H,25,26);1-8H;1-4H,7H2;1H4. The number of hydrogen-bond acceptors (Lipinski definition) is 5. The molecule has 1 amide bonds.